The fraction of sp³-hybridized carbons (Fsp3) is 0.727. The summed E-state index contributed by atoms with van der Waals surface area (Å²) < 4.78 is 10.8. The first-order valence-corrected chi connectivity index (χ1v) is 6.47. The summed E-state index contributed by atoms with van der Waals surface area (Å²) in [6, 6.07) is 0.502. The molecule has 1 fully saturated rings. The first-order valence-electron chi connectivity index (χ1n) is 6.09. The van der Waals surface area contributed by atoms with E-state index in [1.54, 1.807) is 0 Å². The maximum atomic E-state index is 5.90. The molecule has 0 amide bonds. The van der Waals surface area contributed by atoms with E-state index in [4.69, 9.17) is 21.1 Å². The lowest BCUT2D eigenvalue weighted by atomic mass is 10.3. The van der Waals surface area contributed by atoms with Gasteiger partial charge in [-0.15, -0.1) is 0 Å². The van der Waals surface area contributed by atoms with Gasteiger partial charge in [0.05, 0.1) is 25.9 Å². The van der Waals surface area contributed by atoms with Crippen molar-refractivity contribution < 1.29 is 9.47 Å². The van der Waals surface area contributed by atoms with Gasteiger partial charge in [0.25, 0.3) is 0 Å². The zero-order valence-electron chi connectivity index (χ0n) is 10.6. The third-order valence-corrected chi connectivity index (χ3v) is 2.80. The lowest BCUT2D eigenvalue weighted by Crippen LogP contribution is -2.44. The van der Waals surface area contributed by atoms with Gasteiger partial charge in [0.15, 0.2) is 0 Å². The summed E-state index contributed by atoms with van der Waals surface area (Å²) in [6.07, 6.45) is 0.895. The minimum absolute atomic E-state index is 0.157. The van der Waals surface area contributed by atoms with E-state index in [1.807, 2.05) is 6.92 Å². The number of rotatable bonds is 4. The van der Waals surface area contributed by atoms with E-state index in [1.165, 1.54) is 0 Å². The second-order valence-corrected chi connectivity index (χ2v) is 4.49. The van der Waals surface area contributed by atoms with Gasteiger partial charge in [-0.05, 0) is 24.9 Å². The molecule has 1 aromatic rings. The van der Waals surface area contributed by atoms with Crippen LogP contribution in [0.15, 0.2) is 0 Å². The fourth-order valence-corrected chi connectivity index (χ4v) is 1.88. The third-order valence-electron chi connectivity index (χ3n) is 2.64. The molecule has 18 heavy (non-hydrogen) atoms. The number of anilines is 1. The molecule has 100 valence electrons. The van der Waals surface area contributed by atoms with E-state index in [0.29, 0.717) is 25.8 Å². The van der Waals surface area contributed by atoms with Crippen LogP contribution in [0.4, 0.5) is 5.95 Å². The van der Waals surface area contributed by atoms with Crippen LogP contribution >= 0.6 is 11.6 Å². The molecule has 0 saturated carbocycles. The Kier molecular flexibility index (Phi) is 4.54. The van der Waals surface area contributed by atoms with Crippen molar-refractivity contribution in [3.8, 4) is 6.01 Å². The second-order valence-electron chi connectivity index (χ2n) is 4.15. The lowest BCUT2D eigenvalue weighted by Gasteiger charge is -2.33. The van der Waals surface area contributed by atoms with E-state index >= 15 is 0 Å². The van der Waals surface area contributed by atoms with Gasteiger partial charge in [0, 0.05) is 6.54 Å². The van der Waals surface area contributed by atoms with Gasteiger partial charge in [0.2, 0.25) is 11.2 Å². The molecule has 0 aromatic carbocycles. The van der Waals surface area contributed by atoms with E-state index < -0.39 is 0 Å². The smallest absolute Gasteiger partial charge is 0.322 e. The molecule has 2 heterocycles. The van der Waals surface area contributed by atoms with Crippen molar-refractivity contribution in [2.75, 3.05) is 31.3 Å². The number of halogens is 1. The molecule has 0 aliphatic carbocycles. The summed E-state index contributed by atoms with van der Waals surface area (Å²) in [5, 5.41) is 0.157. The highest BCUT2D eigenvalue weighted by Crippen LogP contribution is 2.19. The molecular weight excluding hydrogens is 256 g/mol. The third kappa shape index (κ3) is 3.20. The number of hydrogen-bond donors (Lipinski definition) is 0. The Labute approximate surface area is 111 Å². The normalized spacial score (nSPS) is 19.9. The van der Waals surface area contributed by atoms with E-state index in [0.717, 1.165) is 13.0 Å². The molecule has 1 atom stereocenters. The largest absolute Gasteiger partial charge is 0.463 e. The molecule has 6 nitrogen and oxygen atoms in total. The summed E-state index contributed by atoms with van der Waals surface area (Å²) >= 11 is 5.90. The molecule has 1 aromatic heterocycles. The van der Waals surface area contributed by atoms with Gasteiger partial charge in [-0.1, -0.05) is 6.92 Å². The molecule has 1 saturated heterocycles. The molecule has 1 aliphatic heterocycles. The van der Waals surface area contributed by atoms with Gasteiger partial charge in [-0.2, -0.15) is 15.0 Å². The number of hydrogen-bond acceptors (Lipinski definition) is 6. The van der Waals surface area contributed by atoms with Crippen molar-refractivity contribution in [1.29, 1.82) is 0 Å². The van der Waals surface area contributed by atoms with Crippen LogP contribution in [0, 0.1) is 0 Å². The standard InChI is InChI=1S/C11H17ClN4O2/c1-3-5-18-11-14-9(12)13-10(15-11)16-4-6-17-7-8(16)2/h8H,3-7H2,1-2H3. The Morgan fingerprint density at radius 2 is 2.28 bits per heavy atom. The van der Waals surface area contributed by atoms with Gasteiger partial charge in [0.1, 0.15) is 0 Å². The highest BCUT2D eigenvalue weighted by Gasteiger charge is 2.22. The second kappa shape index (κ2) is 6.15. The van der Waals surface area contributed by atoms with Gasteiger partial charge in [-0.3, -0.25) is 0 Å². The lowest BCUT2D eigenvalue weighted by molar-refractivity contribution is 0.0979. The summed E-state index contributed by atoms with van der Waals surface area (Å²) in [7, 11) is 0. The van der Waals surface area contributed by atoms with Crippen LogP contribution in [0.3, 0.4) is 0 Å². The number of aromatic nitrogens is 3. The van der Waals surface area contributed by atoms with Crippen LogP contribution in [0.2, 0.25) is 5.28 Å². The number of morpholine rings is 1. The summed E-state index contributed by atoms with van der Waals surface area (Å²) in [5.41, 5.74) is 0. The van der Waals surface area contributed by atoms with Gasteiger partial charge < -0.3 is 14.4 Å². The molecule has 0 N–H and O–H groups in total. The van der Waals surface area contributed by atoms with Gasteiger partial charge in [-0.25, -0.2) is 0 Å². The quantitative estimate of drug-likeness (QED) is 0.829. The topological polar surface area (TPSA) is 60.4 Å². The van der Waals surface area contributed by atoms with Crippen LogP contribution in [0.1, 0.15) is 20.3 Å². The van der Waals surface area contributed by atoms with E-state index in [-0.39, 0.29) is 17.3 Å². The predicted molar refractivity (Wildman–Crippen MR) is 68.3 cm³/mol. The van der Waals surface area contributed by atoms with Crippen molar-refractivity contribution >= 4 is 17.5 Å². The zero-order valence-corrected chi connectivity index (χ0v) is 11.4. The van der Waals surface area contributed by atoms with Gasteiger partial charge >= 0.3 is 6.01 Å². The molecule has 7 heteroatoms. The zero-order chi connectivity index (χ0) is 13.0. The number of ether oxygens (including phenoxy) is 2. The summed E-state index contributed by atoms with van der Waals surface area (Å²) in [6.45, 7) is 6.72. The van der Waals surface area contributed by atoms with Crippen LogP contribution in [0.25, 0.3) is 0 Å². The highest BCUT2D eigenvalue weighted by atomic mass is 35.5. The molecule has 0 bridgehead atoms. The molecular formula is C11H17ClN4O2. The van der Waals surface area contributed by atoms with Crippen molar-refractivity contribution in [2.24, 2.45) is 0 Å². The Hall–Kier alpha value is -1.14. The molecule has 2 rings (SSSR count). The maximum Gasteiger partial charge on any atom is 0.322 e. The monoisotopic (exact) mass is 272 g/mol. The van der Waals surface area contributed by atoms with Crippen LogP contribution in [-0.2, 0) is 4.74 Å². The average Bonchev–Trinajstić information content (AvgIpc) is 2.36. The van der Waals surface area contributed by atoms with Crippen molar-refractivity contribution in [1.82, 2.24) is 15.0 Å². The predicted octanol–water partition coefficient (Wildman–Crippen LogP) is 1.54. The minimum Gasteiger partial charge on any atom is -0.463 e. The van der Waals surface area contributed by atoms with Crippen molar-refractivity contribution in [2.45, 2.75) is 26.3 Å². The Morgan fingerprint density at radius 3 is 3.00 bits per heavy atom. The van der Waals surface area contributed by atoms with Crippen molar-refractivity contribution in [3.63, 3.8) is 0 Å². The van der Waals surface area contributed by atoms with Crippen LogP contribution < -0.4 is 9.64 Å². The minimum atomic E-state index is 0.157. The first kappa shape index (κ1) is 13.3. The van der Waals surface area contributed by atoms with Crippen LogP contribution in [-0.4, -0.2) is 47.4 Å². The maximum absolute atomic E-state index is 5.90. The highest BCUT2D eigenvalue weighted by molar-refractivity contribution is 6.28. The van der Waals surface area contributed by atoms with Crippen LogP contribution in [0.5, 0.6) is 6.01 Å². The van der Waals surface area contributed by atoms with E-state index in [9.17, 15) is 0 Å². The molecule has 0 radical (unpaired) electrons. The van der Waals surface area contributed by atoms with E-state index in [2.05, 4.69) is 26.8 Å². The molecule has 0 spiro atoms. The SMILES string of the molecule is CCCOc1nc(Cl)nc(N2CCOCC2C)n1. The first-order chi connectivity index (χ1) is 8.70. The molecule has 1 unspecified atom stereocenters. The fourth-order valence-electron chi connectivity index (χ4n) is 1.73. The Bertz CT molecular complexity index is 405. The average molecular weight is 273 g/mol. The number of nitrogens with zero attached hydrogens (tertiary/aromatic N) is 4. The summed E-state index contributed by atoms with van der Waals surface area (Å²) in [4.78, 5) is 14.4. The Morgan fingerprint density at radius 1 is 1.44 bits per heavy atom. The summed E-state index contributed by atoms with van der Waals surface area (Å²) in [5.74, 6) is 0.553. The molecule has 1 aliphatic rings. The van der Waals surface area contributed by atoms with Crippen molar-refractivity contribution in [3.05, 3.63) is 5.28 Å². The Balaban J connectivity index is 2.18.